The van der Waals surface area contributed by atoms with Crippen LogP contribution in [0.15, 0.2) is 28.4 Å². The van der Waals surface area contributed by atoms with Crippen molar-refractivity contribution in [2.45, 2.75) is 23.9 Å². The Bertz CT molecular complexity index is 627. The molecule has 0 radical (unpaired) electrons. The molecule has 5 nitrogen and oxygen atoms in total. The minimum Gasteiger partial charge on any atom is -0.384 e. The first-order valence-corrected chi connectivity index (χ1v) is 6.66. The maximum Gasteiger partial charge on any atom is 0.136 e. The van der Waals surface area contributed by atoms with Gasteiger partial charge in [0.1, 0.15) is 15.9 Å². The fraction of sp³-hybridized carbons (Fsp3) is 0.167. The van der Waals surface area contributed by atoms with E-state index in [-0.39, 0.29) is 5.84 Å². The van der Waals surface area contributed by atoms with E-state index >= 15 is 0 Å². The van der Waals surface area contributed by atoms with Crippen molar-refractivity contribution in [3.05, 3.63) is 40.2 Å². The number of halogens is 1. The zero-order valence-electron chi connectivity index (χ0n) is 10.4. The van der Waals surface area contributed by atoms with Crippen molar-refractivity contribution in [1.29, 1.82) is 5.41 Å². The minimum absolute atomic E-state index is 0.0213. The molecule has 0 unspecified atom stereocenters. The normalized spacial score (nSPS) is 10.5. The molecular weight excluding hydrogens is 282 g/mol. The number of hydrogen-bond acceptors (Lipinski definition) is 5. The molecule has 19 heavy (non-hydrogen) atoms. The average Bonchev–Trinajstić information content (AvgIpc) is 2.36. The highest BCUT2D eigenvalue weighted by Crippen LogP contribution is 2.29. The lowest BCUT2D eigenvalue weighted by Gasteiger charge is -2.10. The maximum absolute atomic E-state index is 7.67. The molecule has 7 heteroatoms. The molecule has 0 aliphatic rings. The summed E-state index contributed by atoms with van der Waals surface area (Å²) in [5.74, 6) is -0.0213. The van der Waals surface area contributed by atoms with E-state index in [9.17, 15) is 0 Å². The third-order valence-electron chi connectivity index (χ3n) is 2.59. The smallest absolute Gasteiger partial charge is 0.136 e. The largest absolute Gasteiger partial charge is 0.384 e. The van der Waals surface area contributed by atoms with Crippen LogP contribution in [0.25, 0.3) is 0 Å². The molecule has 0 aliphatic heterocycles. The lowest BCUT2D eigenvalue weighted by atomic mass is 10.1. The molecule has 2 heterocycles. The highest BCUT2D eigenvalue weighted by molar-refractivity contribution is 7.99. The van der Waals surface area contributed by atoms with Gasteiger partial charge >= 0.3 is 0 Å². The van der Waals surface area contributed by atoms with Crippen LogP contribution in [0.3, 0.4) is 0 Å². The molecule has 98 valence electrons. The van der Waals surface area contributed by atoms with Gasteiger partial charge in [-0.2, -0.15) is 5.10 Å². The number of rotatable bonds is 3. The molecule has 2 aromatic rings. The van der Waals surface area contributed by atoms with Crippen molar-refractivity contribution >= 4 is 29.2 Å². The summed E-state index contributed by atoms with van der Waals surface area (Å²) in [6.07, 6.45) is 1.56. The van der Waals surface area contributed by atoms with Crippen LogP contribution in [0.2, 0.25) is 5.02 Å². The van der Waals surface area contributed by atoms with E-state index in [1.807, 2.05) is 13.8 Å². The van der Waals surface area contributed by atoms with Crippen molar-refractivity contribution in [2.24, 2.45) is 5.73 Å². The first-order valence-electron chi connectivity index (χ1n) is 5.46. The molecule has 2 rings (SSSR count). The van der Waals surface area contributed by atoms with Gasteiger partial charge in [0.2, 0.25) is 0 Å². The first-order chi connectivity index (χ1) is 8.99. The number of aryl methyl sites for hydroxylation is 1. The average molecular weight is 294 g/mol. The van der Waals surface area contributed by atoms with Crippen LogP contribution < -0.4 is 5.73 Å². The first kappa shape index (κ1) is 13.8. The molecule has 3 N–H and O–H groups in total. The number of nitrogens with zero attached hydrogens (tertiary/aromatic N) is 3. The predicted molar refractivity (Wildman–Crippen MR) is 75.9 cm³/mol. The summed E-state index contributed by atoms with van der Waals surface area (Å²) < 4.78 is 0. The van der Waals surface area contributed by atoms with E-state index < -0.39 is 0 Å². The molecule has 0 spiro atoms. The van der Waals surface area contributed by atoms with Crippen LogP contribution in [-0.4, -0.2) is 21.0 Å². The molecule has 0 atom stereocenters. The number of nitrogens with one attached hydrogen (secondary N) is 1. The van der Waals surface area contributed by atoms with Gasteiger partial charge in [0, 0.05) is 6.20 Å². The fourth-order valence-corrected chi connectivity index (χ4v) is 2.50. The summed E-state index contributed by atoms with van der Waals surface area (Å²) in [5.41, 5.74) is 7.85. The summed E-state index contributed by atoms with van der Waals surface area (Å²) >= 11 is 7.10. The summed E-state index contributed by atoms with van der Waals surface area (Å²) in [6.45, 7) is 3.71. The van der Waals surface area contributed by atoms with Gasteiger partial charge in [0.05, 0.1) is 16.3 Å². The van der Waals surface area contributed by atoms with Crippen LogP contribution in [-0.2, 0) is 0 Å². The van der Waals surface area contributed by atoms with E-state index in [4.69, 9.17) is 22.7 Å². The standard InChI is InChI=1S/C12H12ClN5S/c1-6-7(2)17-18-12(10(6)11(14)15)19-9-4-3-8(13)5-16-9/h3-5H,1-2H3,(H3,14,15). The van der Waals surface area contributed by atoms with Crippen LogP contribution >= 0.6 is 23.4 Å². The third kappa shape index (κ3) is 3.02. The number of nitrogen functional groups attached to an aromatic ring is 1. The Morgan fingerprint density at radius 3 is 2.63 bits per heavy atom. The number of nitrogens with two attached hydrogens (primary N) is 1. The monoisotopic (exact) mass is 293 g/mol. The Hall–Kier alpha value is -1.66. The van der Waals surface area contributed by atoms with Gasteiger partial charge in [-0.3, -0.25) is 5.41 Å². The topological polar surface area (TPSA) is 88.5 Å². The lowest BCUT2D eigenvalue weighted by molar-refractivity contribution is 0.871. The summed E-state index contributed by atoms with van der Waals surface area (Å²) in [7, 11) is 0. The van der Waals surface area contributed by atoms with Crippen LogP contribution in [0.1, 0.15) is 16.8 Å². The molecule has 0 amide bonds. The van der Waals surface area contributed by atoms with E-state index in [1.165, 1.54) is 11.8 Å². The Morgan fingerprint density at radius 2 is 2.05 bits per heavy atom. The zero-order valence-corrected chi connectivity index (χ0v) is 12.0. The molecule has 0 saturated carbocycles. The van der Waals surface area contributed by atoms with Crippen molar-refractivity contribution < 1.29 is 0 Å². The summed E-state index contributed by atoms with van der Waals surface area (Å²) in [4.78, 5) is 4.18. The molecule has 0 bridgehead atoms. The van der Waals surface area contributed by atoms with Crippen LogP contribution in [0.4, 0.5) is 0 Å². The lowest BCUT2D eigenvalue weighted by Crippen LogP contribution is -2.16. The van der Waals surface area contributed by atoms with Crippen molar-refractivity contribution in [1.82, 2.24) is 15.2 Å². The van der Waals surface area contributed by atoms with E-state index in [2.05, 4.69) is 15.2 Å². The van der Waals surface area contributed by atoms with Gasteiger partial charge in [-0.25, -0.2) is 4.98 Å². The van der Waals surface area contributed by atoms with Gasteiger partial charge in [-0.05, 0) is 43.3 Å². The Kier molecular flexibility index (Phi) is 4.01. The molecule has 0 aromatic carbocycles. The van der Waals surface area contributed by atoms with Gasteiger partial charge in [0.15, 0.2) is 0 Å². The van der Waals surface area contributed by atoms with Crippen LogP contribution in [0.5, 0.6) is 0 Å². The number of hydrogen-bond donors (Lipinski definition) is 2. The highest BCUT2D eigenvalue weighted by Gasteiger charge is 2.15. The number of aromatic nitrogens is 3. The van der Waals surface area contributed by atoms with E-state index in [1.54, 1.807) is 18.3 Å². The minimum atomic E-state index is -0.0213. The quantitative estimate of drug-likeness (QED) is 0.671. The second kappa shape index (κ2) is 5.54. The highest BCUT2D eigenvalue weighted by atomic mass is 35.5. The van der Waals surface area contributed by atoms with Gasteiger partial charge < -0.3 is 5.73 Å². The SMILES string of the molecule is Cc1nnc(Sc2ccc(Cl)cn2)c(C(=N)N)c1C. The summed E-state index contributed by atoms with van der Waals surface area (Å²) in [6, 6.07) is 3.53. The van der Waals surface area contributed by atoms with Crippen molar-refractivity contribution in [2.75, 3.05) is 0 Å². The number of pyridine rings is 1. The van der Waals surface area contributed by atoms with E-state index in [0.29, 0.717) is 15.6 Å². The molecule has 0 saturated heterocycles. The Labute approximate surface area is 120 Å². The number of amidine groups is 1. The second-order valence-electron chi connectivity index (χ2n) is 3.92. The molecule has 0 aliphatic carbocycles. The maximum atomic E-state index is 7.67. The second-order valence-corrected chi connectivity index (χ2v) is 5.37. The van der Waals surface area contributed by atoms with Crippen LogP contribution in [0, 0.1) is 19.3 Å². The molecule has 2 aromatic heterocycles. The fourth-order valence-electron chi connectivity index (χ4n) is 1.50. The van der Waals surface area contributed by atoms with Gasteiger partial charge in [-0.1, -0.05) is 11.6 Å². The third-order valence-corrected chi connectivity index (χ3v) is 3.75. The van der Waals surface area contributed by atoms with Gasteiger partial charge in [-0.15, -0.1) is 5.10 Å². The van der Waals surface area contributed by atoms with Gasteiger partial charge in [0.25, 0.3) is 0 Å². The van der Waals surface area contributed by atoms with E-state index in [0.717, 1.165) is 16.3 Å². The Balaban J connectivity index is 2.42. The van der Waals surface area contributed by atoms with Crippen molar-refractivity contribution in [3.63, 3.8) is 0 Å². The molecular formula is C12H12ClN5S. The molecule has 0 fully saturated rings. The predicted octanol–water partition coefficient (Wildman–Crippen LogP) is 2.58. The zero-order chi connectivity index (χ0) is 14.0. The van der Waals surface area contributed by atoms with Crippen molar-refractivity contribution in [3.8, 4) is 0 Å². The summed E-state index contributed by atoms with van der Waals surface area (Å²) in [5, 5.41) is 17.7. The Morgan fingerprint density at radius 1 is 1.32 bits per heavy atom.